The molecule has 4 heteroatoms. The Morgan fingerprint density at radius 2 is 2.23 bits per heavy atom. The molecule has 0 unspecified atom stereocenters. The zero-order valence-corrected chi connectivity index (χ0v) is 8.06. The SMILES string of the molecule is CCc1ccsc1CC(=O)C(=O)O. The normalized spacial score (nSPS) is 9.92. The molecule has 0 aliphatic heterocycles. The number of carboxylic acid groups (broad SMARTS) is 1. The highest BCUT2D eigenvalue weighted by Crippen LogP contribution is 2.17. The fourth-order valence-corrected chi connectivity index (χ4v) is 2.03. The molecule has 13 heavy (non-hydrogen) atoms. The molecule has 1 aromatic heterocycles. The first-order valence-electron chi connectivity index (χ1n) is 3.96. The Labute approximate surface area is 80.0 Å². The molecule has 0 fully saturated rings. The van der Waals surface area contributed by atoms with E-state index >= 15 is 0 Å². The van der Waals surface area contributed by atoms with Gasteiger partial charge in [0.25, 0.3) is 0 Å². The summed E-state index contributed by atoms with van der Waals surface area (Å²) in [6.45, 7) is 1.98. The summed E-state index contributed by atoms with van der Waals surface area (Å²) in [5, 5.41) is 10.3. The number of aryl methyl sites for hydroxylation is 1. The van der Waals surface area contributed by atoms with Crippen molar-refractivity contribution in [1.82, 2.24) is 0 Å². The monoisotopic (exact) mass is 198 g/mol. The fraction of sp³-hybridized carbons (Fsp3) is 0.333. The van der Waals surface area contributed by atoms with Crippen molar-refractivity contribution in [3.05, 3.63) is 21.9 Å². The summed E-state index contributed by atoms with van der Waals surface area (Å²) in [7, 11) is 0. The lowest BCUT2D eigenvalue weighted by atomic mass is 10.1. The Morgan fingerprint density at radius 3 is 2.77 bits per heavy atom. The van der Waals surface area contributed by atoms with Gasteiger partial charge in [-0.1, -0.05) is 6.92 Å². The van der Waals surface area contributed by atoms with Crippen LogP contribution in [0.1, 0.15) is 17.4 Å². The lowest BCUT2D eigenvalue weighted by Gasteiger charge is -1.96. The molecule has 0 aliphatic rings. The number of rotatable bonds is 4. The third-order valence-electron chi connectivity index (χ3n) is 1.78. The molecule has 1 rings (SSSR count). The van der Waals surface area contributed by atoms with Crippen LogP contribution in [0.15, 0.2) is 11.4 Å². The Kier molecular flexibility index (Phi) is 3.19. The second-order valence-corrected chi connectivity index (χ2v) is 3.63. The second-order valence-electron chi connectivity index (χ2n) is 2.63. The van der Waals surface area contributed by atoms with E-state index in [-0.39, 0.29) is 6.42 Å². The first-order valence-corrected chi connectivity index (χ1v) is 4.84. The van der Waals surface area contributed by atoms with Gasteiger partial charge in [0.15, 0.2) is 0 Å². The van der Waals surface area contributed by atoms with E-state index in [9.17, 15) is 9.59 Å². The lowest BCUT2D eigenvalue weighted by Crippen LogP contribution is -2.14. The highest BCUT2D eigenvalue weighted by molar-refractivity contribution is 7.10. The van der Waals surface area contributed by atoms with E-state index in [1.54, 1.807) is 0 Å². The number of carbonyl (C=O) groups excluding carboxylic acids is 1. The number of hydrogen-bond donors (Lipinski definition) is 1. The number of thiophene rings is 1. The van der Waals surface area contributed by atoms with Crippen molar-refractivity contribution in [2.24, 2.45) is 0 Å². The molecule has 70 valence electrons. The minimum atomic E-state index is -1.35. The second kappa shape index (κ2) is 4.18. The summed E-state index contributed by atoms with van der Waals surface area (Å²) in [5.74, 6) is -2.09. The van der Waals surface area contributed by atoms with Gasteiger partial charge in [-0.3, -0.25) is 4.79 Å². The Balaban J connectivity index is 2.74. The van der Waals surface area contributed by atoms with E-state index in [1.807, 2.05) is 18.4 Å². The van der Waals surface area contributed by atoms with Crippen LogP contribution < -0.4 is 0 Å². The number of carbonyl (C=O) groups is 2. The summed E-state index contributed by atoms with van der Waals surface area (Å²) in [5.41, 5.74) is 1.07. The van der Waals surface area contributed by atoms with E-state index < -0.39 is 11.8 Å². The van der Waals surface area contributed by atoms with Gasteiger partial charge in [-0.2, -0.15) is 0 Å². The van der Waals surface area contributed by atoms with Crippen LogP contribution in [0.5, 0.6) is 0 Å². The molecule has 0 aromatic carbocycles. The van der Waals surface area contributed by atoms with Crippen LogP contribution in [0.4, 0.5) is 0 Å². The third kappa shape index (κ3) is 2.39. The highest BCUT2D eigenvalue weighted by Gasteiger charge is 2.14. The van der Waals surface area contributed by atoms with Crippen LogP contribution in [0.25, 0.3) is 0 Å². The van der Waals surface area contributed by atoms with E-state index in [4.69, 9.17) is 5.11 Å². The van der Waals surface area contributed by atoms with Gasteiger partial charge in [0.1, 0.15) is 0 Å². The lowest BCUT2D eigenvalue weighted by molar-refractivity contribution is -0.148. The Bertz CT molecular complexity index is 327. The van der Waals surface area contributed by atoms with Gasteiger partial charge in [0, 0.05) is 4.88 Å². The van der Waals surface area contributed by atoms with E-state index in [0.29, 0.717) is 0 Å². The van der Waals surface area contributed by atoms with E-state index in [1.165, 1.54) is 11.3 Å². The molecular formula is C9H10O3S. The van der Waals surface area contributed by atoms with Gasteiger partial charge in [-0.05, 0) is 23.4 Å². The van der Waals surface area contributed by atoms with Crippen molar-refractivity contribution in [2.45, 2.75) is 19.8 Å². The van der Waals surface area contributed by atoms with Crippen LogP contribution in [0, 0.1) is 0 Å². The van der Waals surface area contributed by atoms with Gasteiger partial charge in [-0.15, -0.1) is 11.3 Å². The molecule has 1 heterocycles. The molecule has 0 spiro atoms. The minimum absolute atomic E-state index is 0.0240. The molecule has 0 bridgehead atoms. The summed E-state index contributed by atoms with van der Waals surface area (Å²) < 4.78 is 0. The smallest absolute Gasteiger partial charge is 0.372 e. The minimum Gasteiger partial charge on any atom is -0.475 e. The van der Waals surface area contributed by atoms with Crippen molar-refractivity contribution in [1.29, 1.82) is 0 Å². The maximum atomic E-state index is 10.9. The van der Waals surface area contributed by atoms with E-state index in [0.717, 1.165) is 16.9 Å². The number of hydrogen-bond acceptors (Lipinski definition) is 3. The van der Waals surface area contributed by atoms with Crippen LogP contribution in [0.2, 0.25) is 0 Å². The Hall–Kier alpha value is -1.16. The van der Waals surface area contributed by atoms with Crippen LogP contribution in [0.3, 0.4) is 0 Å². The molecule has 3 nitrogen and oxygen atoms in total. The van der Waals surface area contributed by atoms with Crippen molar-refractivity contribution >= 4 is 23.1 Å². The predicted octanol–water partition coefficient (Wildman–Crippen LogP) is 1.51. The maximum Gasteiger partial charge on any atom is 0.372 e. The number of carboxylic acids is 1. The fourth-order valence-electron chi connectivity index (χ4n) is 1.06. The van der Waals surface area contributed by atoms with Gasteiger partial charge in [0.2, 0.25) is 5.78 Å². The highest BCUT2D eigenvalue weighted by atomic mass is 32.1. The zero-order valence-electron chi connectivity index (χ0n) is 7.24. The standard InChI is InChI=1S/C9H10O3S/c1-2-6-3-4-13-8(6)5-7(10)9(11)12/h3-4H,2,5H2,1H3,(H,11,12). The molecule has 0 amide bonds. The van der Waals surface area contributed by atoms with Crippen LogP contribution >= 0.6 is 11.3 Å². The molecule has 1 aromatic rings. The molecular weight excluding hydrogens is 188 g/mol. The number of ketones is 1. The van der Waals surface area contributed by atoms with Gasteiger partial charge >= 0.3 is 5.97 Å². The van der Waals surface area contributed by atoms with Crippen molar-refractivity contribution in [2.75, 3.05) is 0 Å². The number of Topliss-reactive ketones (excluding diaryl/α,β-unsaturated/α-hetero) is 1. The summed E-state index contributed by atoms with van der Waals surface area (Å²) >= 11 is 1.44. The first-order chi connectivity index (χ1) is 6.15. The zero-order chi connectivity index (χ0) is 9.84. The molecule has 1 N–H and O–H groups in total. The molecule has 0 radical (unpaired) electrons. The van der Waals surface area contributed by atoms with Crippen molar-refractivity contribution in [3.8, 4) is 0 Å². The Morgan fingerprint density at radius 1 is 1.54 bits per heavy atom. The summed E-state index contributed by atoms with van der Waals surface area (Å²) in [4.78, 5) is 22.0. The molecule has 0 aliphatic carbocycles. The van der Waals surface area contributed by atoms with Gasteiger partial charge in [-0.25, -0.2) is 4.79 Å². The van der Waals surface area contributed by atoms with Crippen LogP contribution in [-0.2, 0) is 22.4 Å². The van der Waals surface area contributed by atoms with Gasteiger partial charge in [0.05, 0.1) is 6.42 Å². The summed E-state index contributed by atoms with van der Waals surface area (Å²) in [6.07, 6.45) is 0.863. The largest absolute Gasteiger partial charge is 0.475 e. The average Bonchev–Trinajstić information content (AvgIpc) is 2.51. The predicted molar refractivity (Wildman–Crippen MR) is 50.0 cm³/mol. The molecule has 0 saturated heterocycles. The van der Waals surface area contributed by atoms with E-state index in [2.05, 4.69) is 0 Å². The quantitative estimate of drug-likeness (QED) is 0.746. The third-order valence-corrected chi connectivity index (χ3v) is 2.74. The van der Waals surface area contributed by atoms with Crippen molar-refractivity contribution < 1.29 is 14.7 Å². The topological polar surface area (TPSA) is 54.4 Å². The summed E-state index contributed by atoms with van der Waals surface area (Å²) in [6, 6.07) is 1.93. The first kappa shape index (κ1) is 9.92. The molecule has 0 saturated carbocycles. The van der Waals surface area contributed by atoms with Crippen LogP contribution in [-0.4, -0.2) is 16.9 Å². The molecule has 0 atom stereocenters. The number of aliphatic carboxylic acids is 1. The average molecular weight is 198 g/mol. The van der Waals surface area contributed by atoms with Crippen molar-refractivity contribution in [3.63, 3.8) is 0 Å². The van der Waals surface area contributed by atoms with Gasteiger partial charge < -0.3 is 5.11 Å². The maximum absolute atomic E-state index is 10.9.